The minimum Gasteiger partial charge on any atom is -0.305 e. The Kier molecular flexibility index (Phi) is 17.3. The van der Waals surface area contributed by atoms with E-state index >= 15 is 0 Å². The summed E-state index contributed by atoms with van der Waals surface area (Å²) in [4.78, 5) is 2.37. The molecular formula is C8H22NPS. The minimum absolute atomic E-state index is 1.28. The third kappa shape index (κ3) is 10.7. The highest BCUT2D eigenvalue weighted by Gasteiger charge is 2.02. The van der Waals surface area contributed by atoms with E-state index < -0.39 is 0 Å². The summed E-state index contributed by atoms with van der Waals surface area (Å²) in [6.07, 6.45) is 0. The molecule has 1 heterocycles. The van der Waals surface area contributed by atoms with E-state index in [1.54, 1.807) is 0 Å². The van der Waals surface area contributed by atoms with Crippen molar-refractivity contribution in [2.24, 2.45) is 0 Å². The SMILES string of the molecule is CC.CN1CCSCC1.CP. The molecule has 3 heteroatoms. The van der Waals surface area contributed by atoms with Gasteiger partial charge in [-0.15, -0.1) is 9.24 Å². The van der Waals surface area contributed by atoms with Gasteiger partial charge in [-0.1, -0.05) is 20.5 Å². The van der Waals surface area contributed by atoms with E-state index in [2.05, 4.69) is 32.9 Å². The number of hydrogen-bond donors (Lipinski definition) is 0. The van der Waals surface area contributed by atoms with Crippen molar-refractivity contribution in [1.82, 2.24) is 4.90 Å². The fourth-order valence-corrected chi connectivity index (χ4v) is 1.74. The van der Waals surface area contributed by atoms with Crippen LogP contribution < -0.4 is 0 Å². The van der Waals surface area contributed by atoms with Crippen molar-refractivity contribution in [3.05, 3.63) is 0 Å². The topological polar surface area (TPSA) is 3.24 Å². The number of nitrogens with zero attached hydrogens (tertiary/aromatic N) is 1. The molecule has 1 unspecified atom stereocenters. The summed E-state index contributed by atoms with van der Waals surface area (Å²) in [6.45, 7) is 8.48. The van der Waals surface area contributed by atoms with Crippen molar-refractivity contribution in [2.75, 3.05) is 38.3 Å². The van der Waals surface area contributed by atoms with E-state index in [1.807, 2.05) is 20.5 Å². The highest BCUT2D eigenvalue weighted by atomic mass is 32.2. The average molecular weight is 195 g/mol. The molecule has 0 aromatic heterocycles. The maximum absolute atomic E-state index is 2.42. The largest absolute Gasteiger partial charge is 0.305 e. The molecule has 0 amide bonds. The average Bonchev–Trinajstić information content (AvgIpc) is 2.13. The lowest BCUT2D eigenvalue weighted by Gasteiger charge is -2.20. The third-order valence-corrected chi connectivity index (χ3v) is 2.18. The van der Waals surface area contributed by atoms with E-state index in [0.29, 0.717) is 0 Å². The molecule has 0 N–H and O–H groups in total. The lowest BCUT2D eigenvalue weighted by molar-refractivity contribution is 0.372. The molecule has 1 rings (SSSR count). The van der Waals surface area contributed by atoms with Gasteiger partial charge in [-0.25, -0.2) is 0 Å². The van der Waals surface area contributed by atoms with Crippen LogP contribution in [0.15, 0.2) is 0 Å². The second-order valence-electron chi connectivity index (χ2n) is 1.92. The van der Waals surface area contributed by atoms with Crippen LogP contribution in [0.25, 0.3) is 0 Å². The van der Waals surface area contributed by atoms with Crippen LogP contribution in [0.4, 0.5) is 0 Å². The second-order valence-corrected chi connectivity index (χ2v) is 3.14. The van der Waals surface area contributed by atoms with Gasteiger partial charge < -0.3 is 4.90 Å². The van der Waals surface area contributed by atoms with Gasteiger partial charge in [-0.05, 0) is 7.05 Å². The zero-order valence-corrected chi connectivity index (χ0v) is 10.2. The fourth-order valence-electron chi connectivity index (χ4n) is 0.655. The number of rotatable bonds is 0. The molecule has 1 atom stereocenters. The Hall–Kier alpha value is 0.740. The lowest BCUT2D eigenvalue weighted by atomic mass is 10.6. The van der Waals surface area contributed by atoms with Crippen molar-refractivity contribution >= 4 is 21.0 Å². The van der Waals surface area contributed by atoms with Crippen LogP contribution in [0.5, 0.6) is 0 Å². The standard InChI is InChI=1S/C5H11NS.C2H6.CH5P/c1-6-2-4-7-5-3-6;2*1-2/h2-5H2,1H3;1-2H3;2H2,1H3. The van der Waals surface area contributed by atoms with Gasteiger partial charge in [0.25, 0.3) is 0 Å². The first kappa shape index (κ1) is 14.3. The van der Waals surface area contributed by atoms with Gasteiger partial charge in [0.05, 0.1) is 0 Å². The Balaban J connectivity index is 0. The fraction of sp³-hybridized carbons (Fsp3) is 1.00. The van der Waals surface area contributed by atoms with E-state index in [4.69, 9.17) is 0 Å². The Bertz CT molecular complexity index is 56.1. The van der Waals surface area contributed by atoms with Crippen LogP contribution in [0, 0.1) is 0 Å². The van der Waals surface area contributed by atoms with Crippen molar-refractivity contribution in [3.63, 3.8) is 0 Å². The van der Waals surface area contributed by atoms with Crippen molar-refractivity contribution in [2.45, 2.75) is 13.8 Å². The monoisotopic (exact) mass is 195 g/mol. The van der Waals surface area contributed by atoms with Crippen LogP contribution in [-0.2, 0) is 0 Å². The van der Waals surface area contributed by atoms with Gasteiger partial charge in [-0.3, -0.25) is 0 Å². The van der Waals surface area contributed by atoms with Crippen LogP contribution in [-0.4, -0.2) is 43.2 Å². The van der Waals surface area contributed by atoms with Crippen molar-refractivity contribution < 1.29 is 0 Å². The molecular weight excluding hydrogens is 173 g/mol. The van der Waals surface area contributed by atoms with Crippen molar-refractivity contribution in [1.29, 1.82) is 0 Å². The smallest absolute Gasteiger partial charge is 0.00696 e. The zero-order valence-electron chi connectivity index (χ0n) is 8.26. The summed E-state index contributed by atoms with van der Waals surface area (Å²) in [7, 11) is 4.60. The summed E-state index contributed by atoms with van der Waals surface area (Å²) < 4.78 is 0. The Morgan fingerprint density at radius 1 is 1.09 bits per heavy atom. The van der Waals surface area contributed by atoms with Gasteiger partial charge >= 0.3 is 0 Å². The van der Waals surface area contributed by atoms with Crippen LogP contribution in [0.1, 0.15) is 13.8 Å². The molecule has 0 spiro atoms. The molecule has 0 saturated carbocycles. The zero-order chi connectivity index (χ0) is 9.11. The molecule has 1 fully saturated rings. The Morgan fingerprint density at radius 3 is 1.64 bits per heavy atom. The van der Waals surface area contributed by atoms with Crippen LogP contribution >= 0.6 is 21.0 Å². The van der Waals surface area contributed by atoms with E-state index in [0.717, 1.165) is 0 Å². The quantitative estimate of drug-likeness (QED) is 0.545. The molecule has 0 aromatic carbocycles. The molecule has 1 aliphatic rings. The lowest BCUT2D eigenvalue weighted by Crippen LogP contribution is -2.28. The minimum atomic E-state index is 1.28. The van der Waals surface area contributed by atoms with Crippen LogP contribution in [0.2, 0.25) is 0 Å². The first-order valence-corrected chi connectivity index (χ1v) is 6.54. The van der Waals surface area contributed by atoms with Gasteiger partial charge in [0.2, 0.25) is 0 Å². The van der Waals surface area contributed by atoms with Gasteiger partial charge in [-0.2, -0.15) is 11.8 Å². The molecule has 70 valence electrons. The highest BCUT2D eigenvalue weighted by Crippen LogP contribution is 2.05. The van der Waals surface area contributed by atoms with Gasteiger partial charge in [0.15, 0.2) is 0 Å². The molecule has 0 aromatic rings. The van der Waals surface area contributed by atoms with Gasteiger partial charge in [0.1, 0.15) is 0 Å². The van der Waals surface area contributed by atoms with Crippen LogP contribution in [0.3, 0.4) is 0 Å². The number of hydrogen-bond acceptors (Lipinski definition) is 2. The first-order chi connectivity index (χ1) is 5.39. The summed E-state index contributed by atoms with van der Waals surface area (Å²) in [5, 5.41) is 0. The Labute approximate surface area is 78.5 Å². The molecule has 0 radical (unpaired) electrons. The summed E-state index contributed by atoms with van der Waals surface area (Å²) in [5.74, 6) is 2.66. The molecule has 1 saturated heterocycles. The van der Waals surface area contributed by atoms with Crippen molar-refractivity contribution in [3.8, 4) is 0 Å². The highest BCUT2D eigenvalue weighted by molar-refractivity contribution is 7.99. The summed E-state index contributed by atoms with van der Waals surface area (Å²) >= 11 is 2.06. The predicted octanol–water partition coefficient (Wildman–Crippen LogP) is 2.18. The molecule has 1 nitrogen and oxygen atoms in total. The number of thioether (sulfide) groups is 1. The maximum atomic E-state index is 2.42. The molecule has 0 aliphatic carbocycles. The Morgan fingerprint density at radius 2 is 1.45 bits per heavy atom. The van der Waals surface area contributed by atoms with E-state index in [9.17, 15) is 0 Å². The third-order valence-electron chi connectivity index (χ3n) is 1.23. The van der Waals surface area contributed by atoms with Gasteiger partial charge in [0, 0.05) is 24.6 Å². The van der Waals surface area contributed by atoms with E-state index in [-0.39, 0.29) is 0 Å². The molecule has 0 bridgehead atoms. The predicted molar refractivity (Wildman–Crippen MR) is 61.8 cm³/mol. The normalized spacial score (nSPS) is 17.2. The van der Waals surface area contributed by atoms with E-state index in [1.165, 1.54) is 24.6 Å². The second kappa shape index (κ2) is 13.3. The first-order valence-electron chi connectivity index (χ1n) is 4.23. The summed E-state index contributed by atoms with van der Waals surface area (Å²) in [5.41, 5.74) is 0. The molecule has 1 aliphatic heterocycles. The maximum Gasteiger partial charge on any atom is 0.00696 e. The molecule has 11 heavy (non-hydrogen) atoms. The summed E-state index contributed by atoms with van der Waals surface area (Å²) in [6, 6.07) is 0.